The summed E-state index contributed by atoms with van der Waals surface area (Å²) in [5.74, 6) is 2.42. The van der Waals surface area contributed by atoms with E-state index in [0.717, 1.165) is 36.5 Å². The Morgan fingerprint density at radius 1 is 1.29 bits per heavy atom. The minimum Gasteiger partial charge on any atom is -0.497 e. The van der Waals surface area contributed by atoms with Crippen LogP contribution in [0, 0.1) is 0 Å². The minimum absolute atomic E-state index is 0.204. The van der Waals surface area contributed by atoms with Crippen molar-refractivity contribution in [1.82, 2.24) is 0 Å². The second-order valence-electron chi connectivity index (χ2n) is 3.97. The standard InChI is InChI=1S/C13H21NO2S/c1-15-12-6-4-7-13(9-12)16-8-3-2-5-11(14)10-17/h4,6-7,9,11,17H,2-3,5,8,10,14H2,1H3/t11-/m1/s1. The van der Waals surface area contributed by atoms with E-state index in [1.165, 1.54) is 0 Å². The van der Waals surface area contributed by atoms with Gasteiger partial charge in [-0.25, -0.2) is 0 Å². The number of rotatable bonds is 8. The molecule has 0 spiro atoms. The van der Waals surface area contributed by atoms with Crippen molar-refractivity contribution in [2.45, 2.75) is 25.3 Å². The number of nitrogens with two attached hydrogens (primary N) is 1. The second-order valence-corrected chi connectivity index (χ2v) is 4.33. The van der Waals surface area contributed by atoms with E-state index in [4.69, 9.17) is 15.2 Å². The van der Waals surface area contributed by atoms with E-state index in [2.05, 4.69) is 12.6 Å². The van der Waals surface area contributed by atoms with Crippen LogP contribution in [0.1, 0.15) is 19.3 Å². The van der Waals surface area contributed by atoms with Gasteiger partial charge in [-0.15, -0.1) is 0 Å². The molecule has 0 unspecified atom stereocenters. The molecule has 1 atom stereocenters. The van der Waals surface area contributed by atoms with Crippen molar-refractivity contribution >= 4 is 12.6 Å². The van der Waals surface area contributed by atoms with E-state index in [9.17, 15) is 0 Å². The first-order valence-corrected chi connectivity index (χ1v) is 6.53. The van der Waals surface area contributed by atoms with Crippen molar-refractivity contribution < 1.29 is 9.47 Å². The molecule has 1 rings (SSSR count). The van der Waals surface area contributed by atoms with E-state index >= 15 is 0 Å². The maximum Gasteiger partial charge on any atom is 0.122 e. The third-order valence-corrected chi connectivity index (χ3v) is 2.98. The number of thiol groups is 1. The lowest BCUT2D eigenvalue weighted by Crippen LogP contribution is -2.21. The smallest absolute Gasteiger partial charge is 0.122 e. The van der Waals surface area contributed by atoms with Crippen LogP contribution in [0.4, 0.5) is 0 Å². The topological polar surface area (TPSA) is 44.5 Å². The molecular weight excluding hydrogens is 234 g/mol. The summed E-state index contributed by atoms with van der Waals surface area (Å²) in [6.07, 6.45) is 3.09. The van der Waals surface area contributed by atoms with Crippen LogP contribution in [0.3, 0.4) is 0 Å². The molecule has 0 amide bonds. The van der Waals surface area contributed by atoms with Crippen LogP contribution in [0.2, 0.25) is 0 Å². The van der Waals surface area contributed by atoms with Gasteiger partial charge in [-0.05, 0) is 31.4 Å². The summed E-state index contributed by atoms with van der Waals surface area (Å²) < 4.78 is 10.7. The van der Waals surface area contributed by atoms with Crippen molar-refractivity contribution in [1.29, 1.82) is 0 Å². The maximum atomic E-state index is 5.77. The van der Waals surface area contributed by atoms with E-state index < -0.39 is 0 Å². The Labute approximate surface area is 109 Å². The lowest BCUT2D eigenvalue weighted by molar-refractivity contribution is 0.301. The van der Waals surface area contributed by atoms with Gasteiger partial charge in [-0.3, -0.25) is 0 Å². The number of benzene rings is 1. The molecule has 0 aromatic heterocycles. The van der Waals surface area contributed by atoms with Gasteiger partial charge in [-0.1, -0.05) is 6.07 Å². The monoisotopic (exact) mass is 255 g/mol. The highest BCUT2D eigenvalue weighted by Crippen LogP contribution is 2.19. The van der Waals surface area contributed by atoms with E-state index in [-0.39, 0.29) is 6.04 Å². The highest BCUT2D eigenvalue weighted by atomic mass is 32.1. The van der Waals surface area contributed by atoms with Gasteiger partial charge >= 0.3 is 0 Å². The summed E-state index contributed by atoms with van der Waals surface area (Å²) in [7, 11) is 1.65. The fourth-order valence-corrected chi connectivity index (χ4v) is 1.66. The zero-order chi connectivity index (χ0) is 12.5. The molecule has 0 aliphatic heterocycles. The third kappa shape index (κ3) is 5.84. The normalized spacial score (nSPS) is 12.2. The fraction of sp³-hybridized carbons (Fsp3) is 0.538. The van der Waals surface area contributed by atoms with Gasteiger partial charge in [0.15, 0.2) is 0 Å². The number of methoxy groups -OCH3 is 1. The Hall–Kier alpha value is -0.870. The van der Waals surface area contributed by atoms with Crippen molar-refractivity contribution in [2.24, 2.45) is 5.73 Å². The highest BCUT2D eigenvalue weighted by molar-refractivity contribution is 7.80. The summed E-state index contributed by atoms with van der Waals surface area (Å²) in [5.41, 5.74) is 5.77. The van der Waals surface area contributed by atoms with Gasteiger partial charge < -0.3 is 15.2 Å². The number of hydrogen-bond acceptors (Lipinski definition) is 4. The first kappa shape index (κ1) is 14.2. The first-order valence-electron chi connectivity index (χ1n) is 5.89. The molecule has 0 heterocycles. The number of unbranched alkanes of at least 4 members (excludes halogenated alkanes) is 1. The number of hydrogen-bond donors (Lipinski definition) is 2. The Bertz CT molecular complexity index is 320. The molecule has 17 heavy (non-hydrogen) atoms. The predicted octanol–water partition coefficient (Wildman–Crippen LogP) is 2.50. The molecule has 0 aliphatic rings. The Kier molecular flexibility index (Phi) is 6.89. The highest BCUT2D eigenvalue weighted by Gasteiger charge is 2.00. The molecule has 0 fully saturated rings. The van der Waals surface area contributed by atoms with Crippen molar-refractivity contribution in [3.8, 4) is 11.5 Å². The lowest BCUT2D eigenvalue weighted by Gasteiger charge is -2.09. The molecule has 0 radical (unpaired) electrons. The van der Waals surface area contributed by atoms with Crippen LogP contribution >= 0.6 is 12.6 Å². The molecule has 3 nitrogen and oxygen atoms in total. The van der Waals surface area contributed by atoms with Gasteiger partial charge in [0.1, 0.15) is 11.5 Å². The molecule has 0 bridgehead atoms. The molecule has 0 aliphatic carbocycles. The Morgan fingerprint density at radius 2 is 2.06 bits per heavy atom. The Morgan fingerprint density at radius 3 is 2.76 bits per heavy atom. The van der Waals surface area contributed by atoms with Crippen LogP contribution in [-0.2, 0) is 0 Å². The molecule has 96 valence electrons. The average Bonchev–Trinajstić information content (AvgIpc) is 2.38. The number of ether oxygens (including phenoxy) is 2. The first-order chi connectivity index (χ1) is 8.26. The largest absolute Gasteiger partial charge is 0.497 e. The molecule has 1 aromatic carbocycles. The zero-order valence-electron chi connectivity index (χ0n) is 10.3. The third-order valence-electron chi connectivity index (χ3n) is 2.51. The van der Waals surface area contributed by atoms with Crippen LogP contribution in [0.25, 0.3) is 0 Å². The Balaban J connectivity index is 2.17. The van der Waals surface area contributed by atoms with Gasteiger partial charge in [0.2, 0.25) is 0 Å². The summed E-state index contributed by atoms with van der Waals surface area (Å²) in [4.78, 5) is 0. The summed E-state index contributed by atoms with van der Waals surface area (Å²) in [6.45, 7) is 0.715. The van der Waals surface area contributed by atoms with Crippen molar-refractivity contribution in [3.63, 3.8) is 0 Å². The summed E-state index contributed by atoms with van der Waals surface area (Å²) in [5, 5.41) is 0. The van der Waals surface area contributed by atoms with Crippen LogP contribution in [-0.4, -0.2) is 25.5 Å². The molecule has 2 N–H and O–H groups in total. The van der Waals surface area contributed by atoms with E-state index in [1.807, 2.05) is 24.3 Å². The van der Waals surface area contributed by atoms with Gasteiger partial charge in [-0.2, -0.15) is 12.6 Å². The van der Waals surface area contributed by atoms with Gasteiger partial charge in [0.05, 0.1) is 13.7 Å². The second kappa shape index (κ2) is 8.25. The molecular formula is C13H21NO2S. The van der Waals surface area contributed by atoms with Crippen molar-refractivity contribution in [2.75, 3.05) is 19.5 Å². The van der Waals surface area contributed by atoms with Gasteiger partial charge in [0.25, 0.3) is 0 Å². The van der Waals surface area contributed by atoms with E-state index in [0.29, 0.717) is 6.61 Å². The SMILES string of the molecule is COc1cccc(OCCCC[C@@H](N)CS)c1. The predicted molar refractivity (Wildman–Crippen MR) is 74.2 cm³/mol. The van der Waals surface area contributed by atoms with Gasteiger partial charge in [0, 0.05) is 17.9 Å². The molecule has 4 heteroatoms. The van der Waals surface area contributed by atoms with Crippen LogP contribution in [0.15, 0.2) is 24.3 Å². The lowest BCUT2D eigenvalue weighted by atomic mass is 10.1. The molecule has 0 saturated heterocycles. The zero-order valence-corrected chi connectivity index (χ0v) is 11.2. The van der Waals surface area contributed by atoms with Crippen LogP contribution in [0.5, 0.6) is 11.5 Å². The van der Waals surface area contributed by atoms with Crippen molar-refractivity contribution in [3.05, 3.63) is 24.3 Å². The molecule has 0 saturated carbocycles. The fourth-order valence-electron chi connectivity index (χ4n) is 1.48. The molecule has 1 aromatic rings. The minimum atomic E-state index is 0.204. The van der Waals surface area contributed by atoms with E-state index in [1.54, 1.807) is 7.11 Å². The average molecular weight is 255 g/mol. The summed E-state index contributed by atoms with van der Waals surface area (Å²) in [6, 6.07) is 7.85. The summed E-state index contributed by atoms with van der Waals surface area (Å²) >= 11 is 4.15. The quantitative estimate of drug-likeness (QED) is 0.554. The van der Waals surface area contributed by atoms with Crippen LogP contribution < -0.4 is 15.2 Å². The maximum absolute atomic E-state index is 5.77.